The number of aromatic nitrogens is 1. The molecule has 1 saturated carbocycles. The number of nitrogens with one attached hydrogen (secondary N) is 1. The SMILES string of the molecule is CCNC(=NCc1ccnc(N2CCN(C)CC2)c1)N1CCC2(CCCCC2)C1. The molecule has 29 heavy (non-hydrogen) atoms. The van der Waals surface area contributed by atoms with Crippen molar-refractivity contribution in [1.82, 2.24) is 20.1 Å². The highest BCUT2D eigenvalue weighted by atomic mass is 15.3. The van der Waals surface area contributed by atoms with E-state index in [0.717, 1.165) is 57.6 Å². The number of aliphatic imine (C=N–C) groups is 1. The molecule has 3 aliphatic rings. The molecular formula is C23H38N6. The summed E-state index contributed by atoms with van der Waals surface area (Å²) >= 11 is 0. The van der Waals surface area contributed by atoms with Crippen molar-refractivity contribution in [3.63, 3.8) is 0 Å². The minimum atomic E-state index is 0.555. The van der Waals surface area contributed by atoms with Gasteiger partial charge in [-0.05, 0) is 56.3 Å². The Morgan fingerprint density at radius 1 is 1.10 bits per heavy atom. The Morgan fingerprint density at radius 3 is 2.66 bits per heavy atom. The highest BCUT2D eigenvalue weighted by Gasteiger charge is 2.39. The Balaban J connectivity index is 1.41. The van der Waals surface area contributed by atoms with Crippen molar-refractivity contribution in [2.75, 3.05) is 57.8 Å². The molecule has 2 aliphatic heterocycles. The highest BCUT2D eigenvalue weighted by molar-refractivity contribution is 5.80. The van der Waals surface area contributed by atoms with Crippen molar-refractivity contribution < 1.29 is 0 Å². The Morgan fingerprint density at radius 2 is 1.90 bits per heavy atom. The maximum absolute atomic E-state index is 5.02. The van der Waals surface area contributed by atoms with E-state index in [2.05, 4.69) is 51.1 Å². The van der Waals surface area contributed by atoms with Crippen LogP contribution in [0.15, 0.2) is 23.3 Å². The van der Waals surface area contributed by atoms with Crippen LogP contribution in [0.3, 0.4) is 0 Å². The molecule has 160 valence electrons. The van der Waals surface area contributed by atoms with Crippen LogP contribution in [0.5, 0.6) is 0 Å². The van der Waals surface area contributed by atoms with Gasteiger partial charge in [-0.1, -0.05) is 19.3 Å². The Bertz CT molecular complexity index is 688. The van der Waals surface area contributed by atoms with Crippen molar-refractivity contribution in [2.45, 2.75) is 52.0 Å². The molecule has 0 atom stereocenters. The lowest BCUT2D eigenvalue weighted by Gasteiger charge is -2.33. The average molecular weight is 399 g/mol. The van der Waals surface area contributed by atoms with Crippen LogP contribution in [0, 0.1) is 5.41 Å². The van der Waals surface area contributed by atoms with Gasteiger partial charge >= 0.3 is 0 Å². The van der Waals surface area contributed by atoms with Gasteiger partial charge in [0, 0.05) is 52.0 Å². The van der Waals surface area contributed by atoms with Crippen LogP contribution in [-0.2, 0) is 6.54 Å². The first-order valence-corrected chi connectivity index (χ1v) is 11.6. The third-order valence-corrected chi connectivity index (χ3v) is 7.04. The van der Waals surface area contributed by atoms with Crippen molar-refractivity contribution in [2.24, 2.45) is 10.4 Å². The molecule has 2 saturated heterocycles. The number of likely N-dealkylation sites (tertiary alicyclic amines) is 1. The zero-order valence-electron chi connectivity index (χ0n) is 18.4. The molecule has 1 aliphatic carbocycles. The molecule has 4 rings (SSSR count). The van der Waals surface area contributed by atoms with Crippen LogP contribution < -0.4 is 10.2 Å². The number of piperazine rings is 1. The fourth-order valence-electron chi connectivity index (χ4n) is 5.19. The zero-order chi connectivity index (χ0) is 20.1. The predicted molar refractivity (Wildman–Crippen MR) is 120 cm³/mol. The molecule has 3 fully saturated rings. The predicted octanol–water partition coefficient (Wildman–Crippen LogP) is 2.96. The van der Waals surface area contributed by atoms with E-state index in [1.165, 1.54) is 50.6 Å². The number of pyridine rings is 1. The van der Waals surface area contributed by atoms with Gasteiger partial charge in [0.1, 0.15) is 5.82 Å². The van der Waals surface area contributed by atoms with E-state index >= 15 is 0 Å². The lowest BCUT2D eigenvalue weighted by atomic mass is 9.73. The molecule has 6 nitrogen and oxygen atoms in total. The van der Waals surface area contributed by atoms with Crippen LogP contribution in [0.2, 0.25) is 0 Å². The normalized spacial score (nSPS) is 23.0. The van der Waals surface area contributed by atoms with Gasteiger partial charge < -0.3 is 20.0 Å². The minimum absolute atomic E-state index is 0.555. The number of hydrogen-bond acceptors (Lipinski definition) is 4. The summed E-state index contributed by atoms with van der Waals surface area (Å²) in [4.78, 5) is 16.9. The Labute approximate surface area is 176 Å². The molecule has 0 aromatic carbocycles. The zero-order valence-corrected chi connectivity index (χ0v) is 18.4. The number of hydrogen-bond donors (Lipinski definition) is 1. The van der Waals surface area contributed by atoms with E-state index < -0.39 is 0 Å². The Hall–Kier alpha value is -1.82. The third-order valence-electron chi connectivity index (χ3n) is 7.04. The van der Waals surface area contributed by atoms with Crippen LogP contribution in [-0.4, -0.2) is 73.6 Å². The van der Waals surface area contributed by atoms with E-state index in [0.29, 0.717) is 5.41 Å². The van der Waals surface area contributed by atoms with E-state index in [9.17, 15) is 0 Å². The molecule has 0 radical (unpaired) electrons. The summed E-state index contributed by atoms with van der Waals surface area (Å²) in [6.45, 7) is 10.4. The van der Waals surface area contributed by atoms with Gasteiger partial charge in [0.05, 0.1) is 6.54 Å². The van der Waals surface area contributed by atoms with Gasteiger partial charge in [0.25, 0.3) is 0 Å². The van der Waals surface area contributed by atoms with Gasteiger partial charge in [-0.25, -0.2) is 9.98 Å². The first-order chi connectivity index (χ1) is 14.2. The quantitative estimate of drug-likeness (QED) is 0.624. The van der Waals surface area contributed by atoms with Crippen molar-refractivity contribution in [3.05, 3.63) is 23.9 Å². The van der Waals surface area contributed by atoms with Gasteiger partial charge in [-0.15, -0.1) is 0 Å². The van der Waals surface area contributed by atoms with Crippen molar-refractivity contribution >= 4 is 11.8 Å². The Kier molecular flexibility index (Phi) is 6.58. The molecule has 0 amide bonds. The molecule has 1 spiro atoms. The van der Waals surface area contributed by atoms with Gasteiger partial charge in [0.2, 0.25) is 0 Å². The van der Waals surface area contributed by atoms with Crippen molar-refractivity contribution in [3.8, 4) is 0 Å². The van der Waals surface area contributed by atoms with Crippen molar-refractivity contribution in [1.29, 1.82) is 0 Å². The summed E-state index contributed by atoms with van der Waals surface area (Å²) < 4.78 is 0. The smallest absolute Gasteiger partial charge is 0.194 e. The molecule has 6 heteroatoms. The average Bonchev–Trinajstić information content (AvgIpc) is 3.15. The summed E-state index contributed by atoms with van der Waals surface area (Å²) in [5, 5.41) is 3.54. The second-order valence-corrected chi connectivity index (χ2v) is 9.21. The number of guanidine groups is 1. The lowest BCUT2D eigenvalue weighted by Crippen LogP contribution is -2.44. The van der Waals surface area contributed by atoms with Gasteiger partial charge in [0.15, 0.2) is 5.96 Å². The minimum Gasteiger partial charge on any atom is -0.357 e. The van der Waals surface area contributed by atoms with E-state index in [1.54, 1.807) is 0 Å². The second-order valence-electron chi connectivity index (χ2n) is 9.21. The monoisotopic (exact) mass is 398 g/mol. The first kappa shape index (κ1) is 20.5. The highest BCUT2D eigenvalue weighted by Crippen LogP contribution is 2.43. The molecule has 1 aromatic heterocycles. The number of likely N-dealkylation sites (N-methyl/N-ethyl adjacent to an activating group) is 1. The van der Waals surface area contributed by atoms with E-state index in [4.69, 9.17) is 4.99 Å². The van der Waals surface area contributed by atoms with E-state index in [1.807, 2.05) is 6.20 Å². The third kappa shape index (κ3) is 5.03. The lowest BCUT2D eigenvalue weighted by molar-refractivity contribution is 0.203. The fraction of sp³-hybridized carbons (Fsp3) is 0.739. The first-order valence-electron chi connectivity index (χ1n) is 11.6. The number of nitrogens with zero attached hydrogens (tertiary/aromatic N) is 5. The second kappa shape index (κ2) is 9.33. The molecule has 0 bridgehead atoms. The number of anilines is 1. The summed E-state index contributed by atoms with van der Waals surface area (Å²) in [5.41, 5.74) is 1.80. The summed E-state index contributed by atoms with van der Waals surface area (Å²) in [7, 11) is 2.19. The topological polar surface area (TPSA) is 47.0 Å². The maximum atomic E-state index is 5.02. The number of rotatable bonds is 4. The summed E-state index contributed by atoms with van der Waals surface area (Å²) in [6, 6.07) is 4.34. The van der Waals surface area contributed by atoms with Crippen LogP contribution in [0.25, 0.3) is 0 Å². The summed E-state index contributed by atoms with van der Waals surface area (Å²) in [5.74, 6) is 2.19. The summed E-state index contributed by atoms with van der Waals surface area (Å²) in [6.07, 6.45) is 10.3. The van der Waals surface area contributed by atoms with Crippen LogP contribution >= 0.6 is 0 Å². The molecule has 3 heterocycles. The van der Waals surface area contributed by atoms with Crippen LogP contribution in [0.1, 0.15) is 51.0 Å². The molecular weight excluding hydrogens is 360 g/mol. The van der Waals surface area contributed by atoms with E-state index in [-0.39, 0.29) is 0 Å². The van der Waals surface area contributed by atoms with Crippen LogP contribution in [0.4, 0.5) is 5.82 Å². The van der Waals surface area contributed by atoms with Gasteiger partial charge in [-0.2, -0.15) is 0 Å². The standard InChI is InChI=1S/C23H38N6/c1-3-24-22(29-12-10-23(19-29)8-5-4-6-9-23)26-18-20-7-11-25-21(17-20)28-15-13-27(2)14-16-28/h7,11,17H,3-6,8-10,12-16,18-19H2,1-2H3,(H,24,26). The maximum Gasteiger partial charge on any atom is 0.194 e. The molecule has 1 aromatic rings. The van der Waals surface area contributed by atoms with Gasteiger partial charge in [-0.3, -0.25) is 0 Å². The fourth-order valence-corrected chi connectivity index (χ4v) is 5.19. The molecule has 1 N–H and O–H groups in total. The largest absolute Gasteiger partial charge is 0.357 e. The molecule has 0 unspecified atom stereocenters.